The minimum Gasteiger partial charge on any atom is -0.344 e. The molecule has 0 aliphatic carbocycles. The molecule has 31 heavy (non-hydrogen) atoms. The van der Waals surface area contributed by atoms with Crippen LogP contribution in [0.5, 0.6) is 0 Å². The first kappa shape index (κ1) is 22.5. The quantitative estimate of drug-likeness (QED) is 0.540. The topological polar surface area (TPSA) is 64.7 Å². The van der Waals surface area contributed by atoms with Crippen molar-refractivity contribution in [3.63, 3.8) is 0 Å². The number of thiophene rings is 1. The molecule has 2 N–H and O–H groups in total. The van der Waals surface area contributed by atoms with Crippen molar-refractivity contribution in [3.05, 3.63) is 43.6 Å². The van der Waals surface area contributed by atoms with E-state index in [1.54, 1.807) is 24.1 Å². The molecule has 2 aromatic rings. The van der Waals surface area contributed by atoms with Crippen molar-refractivity contribution in [1.29, 1.82) is 0 Å². The molecule has 0 unspecified atom stereocenters. The van der Waals surface area contributed by atoms with Crippen LogP contribution < -0.4 is 10.7 Å². The predicted octanol–water partition coefficient (Wildman–Crippen LogP) is 4.63. The molecule has 0 bridgehead atoms. The Morgan fingerprint density at radius 2 is 1.97 bits per heavy atom. The second kappa shape index (κ2) is 8.67. The summed E-state index contributed by atoms with van der Waals surface area (Å²) < 4.78 is 15.3. The maximum atomic E-state index is 14.6. The highest BCUT2D eigenvalue weighted by Crippen LogP contribution is 2.42. The van der Waals surface area contributed by atoms with Gasteiger partial charge in [-0.25, -0.2) is 9.40 Å². The van der Waals surface area contributed by atoms with Gasteiger partial charge < -0.3 is 10.2 Å². The van der Waals surface area contributed by atoms with E-state index in [0.717, 1.165) is 35.1 Å². The van der Waals surface area contributed by atoms with E-state index in [9.17, 15) is 14.0 Å². The molecule has 3 heterocycles. The molecular formula is C22H26FIN4O2S. The maximum absolute atomic E-state index is 14.6. The number of nitrogens with one attached hydrogen (secondary N) is 2. The minimum absolute atomic E-state index is 0.100. The summed E-state index contributed by atoms with van der Waals surface area (Å²) in [6.45, 7) is 6.41. The number of anilines is 2. The van der Waals surface area contributed by atoms with Crippen LogP contribution in [0.25, 0.3) is 0 Å². The van der Waals surface area contributed by atoms with Gasteiger partial charge in [0.1, 0.15) is 10.8 Å². The normalized spacial score (nSPS) is 18.6. The Morgan fingerprint density at radius 1 is 1.26 bits per heavy atom. The second-order valence-electron chi connectivity index (χ2n) is 9.00. The number of hydrazine groups is 1. The molecule has 2 aliphatic heterocycles. The number of rotatable bonds is 4. The van der Waals surface area contributed by atoms with Gasteiger partial charge in [0.25, 0.3) is 11.8 Å². The number of halogens is 2. The first-order chi connectivity index (χ1) is 14.6. The molecule has 2 aliphatic rings. The van der Waals surface area contributed by atoms with Gasteiger partial charge in [0.05, 0.1) is 16.1 Å². The zero-order valence-corrected chi connectivity index (χ0v) is 20.8. The van der Waals surface area contributed by atoms with Crippen molar-refractivity contribution in [3.8, 4) is 0 Å². The van der Waals surface area contributed by atoms with Gasteiger partial charge >= 0.3 is 0 Å². The Bertz CT molecular complexity index is 1030. The molecule has 0 radical (unpaired) electrons. The van der Waals surface area contributed by atoms with Crippen molar-refractivity contribution in [2.75, 3.05) is 32.0 Å². The molecule has 2 amide bonds. The first-order valence-corrected chi connectivity index (χ1v) is 12.2. The number of amides is 2. The van der Waals surface area contributed by atoms with Crippen LogP contribution in [-0.2, 0) is 6.42 Å². The number of hydrogen-bond donors (Lipinski definition) is 2. The molecule has 0 saturated carbocycles. The van der Waals surface area contributed by atoms with E-state index in [1.165, 1.54) is 17.4 Å². The van der Waals surface area contributed by atoms with E-state index in [2.05, 4.69) is 47.2 Å². The lowest BCUT2D eigenvalue weighted by Gasteiger charge is -2.27. The third-order valence-corrected chi connectivity index (χ3v) is 7.45. The molecule has 1 aromatic heterocycles. The van der Waals surface area contributed by atoms with E-state index >= 15 is 0 Å². The van der Waals surface area contributed by atoms with E-state index in [4.69, 9.17) is 0 Å². The van der Waals surface area contributed by atoms with Crippen molar-refractivity contribution in [2.45, 2.75) is 33.1 Å². The molecule has 1 saturated heterocycles. The zero-order valence-electron chi connectivity index (χ0n) is 17.8. The lowest BCUT2D eigenvalue weighted by atomic mass is 9.85. The molecule has 9 heteroatoms. The van der Waals surface area contributed by atoms with Gasteiger partial charge in [0.2, 0.25) is 0 Å². The van der Waals surface area contributed by atoms with Gasteiger partial charge in [0.15, 0.2) is 0 Å². The predicted molar refractivity (Wildman–Crippen MR) is 129 cm³/mol. The van der Waals surface area contributed by atoms with Crippen LogP contribution in [0.1, 0.15) is 52.3 Å². The highest BCUT2D eigenvalue weighted by Gasteiger charge is 2.37. The van der Waals surface area contributed by atoms with Crippen LogP contribution in [0, 0.1) is 14.8 Å². The van der Waals surface area contributed by atoms with Gasteiger partial charge in [-0.15, -0.1) is 11.3 Å². The molecule has 1 aromatic carbocycles. The van der Waals surface area contributed by atoms with Gasteiger partial charge in [-0.3, -0.25) is 15.0 Å². The van der Waals surface area contributed by atoms with E-state index in [0.29, 0.717) is 28.4 Å². The third-order valence-electron chi connectivity index (χ3n) is 5.64. The van der Waals surface area contributed by atoms with Crippen molar-refractivity contribution in [1.82, 2.24) is 15.3 Å². The number of hydrogen-bond acceptors (Lipinski definition) is 5. The zero-order chi connectivity index (χ0) is 22.3. The highest BCUT2D eigenvalue weighted by molar-refractivity contribution is 14.1. The van der Waals surface area contributed by atoms with Crippen LogP contribution in [0.4, 0.5) is 15.1 Å². The molecule has 4 rings (SSSR count). The Labute approximate surface area is 199 Å². The monoisotopic (exact) mass is 556 g/mol. The van der Waals surface area contributed by atoms with Crippen LogP contribution >= 0.6 is 33.9 Å². The SMILES string of the molecule is CN1CC(C)(C)Cc2c(sc(Nc3ccc(I)cc3F)c2C(=O)NN2CCCC2)C1=O. The molecule has 1 fully saturated rings. The van der Waals surface area contributed by atoms with Crippen LogP contribution in [0.15, 0.2) is 18.2 Å². The number of carbonyl (C=O) groups is 2. The molecule has 0 spiro atoms. The largest absolute Gasteiger partial charge is 0.344 e. The Morgan fingerprint density at radius 3 is 2.65 bits per heavy atom. The summed E-state index contributed by atoms with van der Waals surface area (Å²) in [7, 11) is 1.79. The number of benzene rings is 1. The van der Waals surface area contributed by atoms with E-state index in [1.807, 2.05) is 5.01 Å². The fourth-order valence-electron chi connectivity index (χ4n) is 4.30. The smallest absolute Gasteiger partial charge is 0.268 e. The number of nitrogens with zero attached hydrogens (tertiary/aromatic N) is 2. The Hall–Kier alpha value is -1.72. The summed E-state index contributed by atoms with van der Waals surface area (Å²) in [5, 5.41) is 5.52. The van der Waals surface area contributed by atoms with Gasteiger partial charge in [-0.2, -0.15) is 0 Å². The summed E-state index contributed by atoms with van der Waals surface area (Å²) in [5.41, 5.74) is 4.28. The summed E-state index contributed by atoms with van der Waals surface area (Å²) in [5.74, 6) is -0.747. The third kappa shape index (κ3) is 4.73. The summed E-state index contributed by atoms with van der Waals surface area (Å²) in [6.07, 6.45) is 2.67. The lowest BCUT2D eigenvalue weighted by Crippen LogP contribution is -2.40. The molecular weight excluding hydrogens is 530 g/mol. The fourth-order valence-corrected chi connectivity index (χ4v) is 5.97. The summed E-state index contributed by atoms with van der Waals surface area (Å²) in [4.78, 5) is 28.8. The summed E-state index contributed by atoms with van der Waals surface area (Å²) in [6, 6.07) is 4.89. The fraction of sp³-hybridized carbons (Fsp3) is 0.455. The van der Waals surface area contributed by atoms with Gasteiger partial charge in [-0.05, 0) is 71.0 Å². The minimum atomic E-state index is -0.398. The average Bonchev–Trinajstić information content (AvgIpc) is 3.28. The van der Waals surface area contributed by atoms with Gasteiger partial charge in [0, 0.05) is 30.3 Å². The lowest BCUT2D eigenvalue weighted by molar-refractivity contribution is 0.0757. The van der Waals surface area contributed by atoms with Crippen molar-refractivity contribution in [2.24, 2.45) is 5.41 Å². The first-order valence-electron chi connectivity index (χ1n) is 10.3. The molecule has 6 nitrogen and oxygen atoms in total. The van der Waals surface area contributed by atoms with Crippen molar-refractivity contribution < 1.29 is 14.0 Å². The van der Waals surface area contributed by atoms with Crippen LogP contribution in [0.2, 0.25) is 0 Å². The standard InChI is InChI=1S/C22H26FIN4O2S/c1-22(2)11-14-17(19(29)26-28-8-4-5-9-28)20(31-18(14)21(30)27(3)12-22)25-16-7-6-13(24)10-15(16)23/h6-7,10,25H,4-5,8-9,11-12H2,1-3H3,(H,26,29). The van der Waals surface area contributed by atoms with Crippen molar-refractivity contribution >= 4 is 56.4 Å². The number of carbonyl (C=O) groups excluding carboxylic acids is 2. The maximum Gasteiger partial charge on any atom is 0.268 e. The molecule has 0 atom stereocenters. The van der Waals surface area contributed by atoms with E-state index < -0.39 is 5.82 Å². The van der Waals surface area contributed by atoms with E-state index in [-0.39, 0.29) is 22.9 Å². The Balaban J connectivity index is 1.79. The van der Waals surface area contributed by atoms with Gasteiger partial charge in [-0.1, -0.05) is 13.8 Å². The highest BCUT2D eigenvalue weighted by atomic mass is 127. The van der Waals surface area contributed by atoms with Crippen LogP contribution in [-0.4, -0.2) is 48.4 Å². The molecule has 166 valence electrons. The summed E-state index contributed by atoms with van der Waals surface area (Å²) >= 11 is 3.29. The van der Waals surface area contributed by atoms with Crippen LogP contribution in [0.3, 0.4) is 0 Å². The Kier molecular flexibility index (Phi) is 6.28. The second-order valence-corrected chi connectivity index (χ2v) is 11.3. The number of fused-ring (bicyclic) bond motifs is 1. The average molecular weight is 556 g/mol.